The van der Waals surface area contributed by atoms with E-state index in [1.54, 1.807) is 25.4 Å². The molecule has 0 saturated carbocycles. The zero-order valence-electron chi connectivity index (χ0n) is 18.4. The quantitative estimate of drug-likeness (QED) is 0.655. The van der Waals surface area contributed by atoms with Crippen LogP contribution in [0.4, 0.5) is 11.6 Å². The molecule has 0 bridgehead atoms. The molecule has 162 valence electrons. The van der Waals surface area contributed by atoms with Crippen LogP contribution in [0, 0.1) is 13.8 Å². The summed E-state index contributed by atoms with van der Waals surface area (Å²) in [7, 11) is 0. The van der Waals surface area contributed by atoms with Gasteiger partial charge in [-0.2, -0.15) is 0 Å². The second kappa shape index (κ2) is 8.83. The van der Waals surface area contributed by atoms with Crippen molar-refractivity contribution in [1.29, 1.82) is 0 Å². The highest BCUT2D eigenvalue weighted by Crippen LogP contribution is 2.31. The summed E-state index contributed by atoms with van der Waals surface area (Å²) in [5.74, 6) is 1.42. The molecule has 4 heterocycles. The number of carbonyl (C=O) groups is 1. The Bertz CT molecular complexity index is 1060. The van der Waals surface area contributed by atoms with Crippen LogP contribution in [0.3, 0.4) is 0 Å². The van der Waals surface area contributed by atoms with Crippen LogP contribution in [-0.4, -0.2) is 44.0 Å². The molecule has 8 nitrogen and oxygen atoms in total. The van der Waals surface area contributed by atoms with Gasteiger partial charge >= 0.3 is 0 Å². The molecule has 1 aliphatic rings. The summed E-state index contributed by atoms with van der Waals surface area (Å²) in [6, 6.07) is 5.79. The number of rotatable bonds is 5. The first-order chi connectivity index (χ1) is 14.9. The highest BCUT2D eigenvalue weighted by Gasteiger charge is 2.31. The van der Waals surface area contributed by atoms with Gasteiger partial charge in [-0.25, -0.2) is 9.97 Å². The Kier molecular flexibility index (Phi) is 5.97. The maximum Gasteiger partial charge on any atom is 0.259 e. The van der Waals surface area contributed by atoms with Crippen LogP contribution in [0.1, 0.15) is 71.7 Å². The fourth-order valence-electron chi connectivity index (χ4n) is 4.07. The van der Waals surface area contributed by atoms with Gasteiger partial charge in [-0.15, -0.1) is 0 Å². The maximum absolute atomic E-state index is 13.3. The Morgan fingerprint density at radius 3 is 2.74 bits per heavy atom. The molecule has 1 N–H and O–H groups in total. The summed E-state index contributed by atoms with van der Waals surface area (Å²) in [4.78, 5) is 28.5. The lowest BCUT2D eigenvalue weighted by atomic mass is 9.92. The number of carbonyl (C=O) groups excluding carboxylic acids is 1. The Balaban J connectivity index is 1.55. The molecule has 1 aliphatic heterocycles. The monoisotopic (exact) mass is 420 g/mol. The number of aryl methyl sites for hydroxylation is 2. The second-order valence-electron chi connectivity index (χ2n) is 8.36. The zero-order chi connectivity index (χ0) is 22.0. The second-order valence-corrected chi connectivity index (χ2v) is 8.36. The molecule has 4 rings (SSSR count). The zero-order valence-corrected chi connectivity index (χ0v) is 18.4. The first-order valence-corrected chi connectivity index (χ1v) is 10.7. The molecule has 1 saturated heterocycles. The van der Waals surface area contributed by atoms with Crippen LogP contribution in [0.2, 0.25) is 0 Å². The number of nitrogens with one attached hydrogen (secondary N) is 1. The Morgan fingerprint density at radius 1 is 1.23 bits per heavy atom. The highest BCUT2D eigenvalue weighted by atomic mass is 16.5. The first-order valence-electron chi connectivity index (χ1n) is 10.7. The molecule has 0 aliphatic carbocycles. The number of aromatic nitrogens is 4. The van der Waals surface area contributed by atoms with Crippen molar-refractivity contribution in [2.24, 2.45) is 0 Å². The normalized spacial score (nSPS) is 16.5. The van der Waals surface area contributed by atoms with Gasteiger partial charge in [-0.3, -0.25) is 9.78 Å². The number of hydrogen-bond donors (Lipinski definition) is 1. The molecule has 0 spiro atoms. The molecule has 0 radical (unpaired) electrons. The van der Waals surface area contributed by atoms with E-state index in [0.29, 0.717) is 23.8 Å². The van der Waals surface area contributed by atoms with Crippen molar-refractivity contribution in [3.05, 3.63) is 59.0 Å². The van der Waals surface area contributed by atoms with Crippen LogP contribution in [-0.2, 0) is 0 Å². The van der Waals surface area contributed by atoms with E-state index in [1.807, 2.05) is 37.8 Å². The van der Waals surface area contributed by atoms with Crippen molar-refractivity contribution in [3.63, 3.8) is 0 Å². The van der Waals surface area contributed by atoms with Crippen molar-refractivity contribution in [3.8, 4) is 0 Å². The maximum atomic E-state index is 13.3. The van der Waals surface area contributed by atoms with E-state index >= 15 is 0 Å². The van der Waals surface area contributed by atoms with Gasteiger partial charge < -0.3 is 14.7 Å². The van der Waals surface area contributed by atoms with E-state index in [0.717, 1.165) is 42.2 Å². The van der Waals surface area contributed by atoms with E-state index in [-0.39, 0.29) is 17.7 Å². The van der Waals surface area contributed by atoms with Gasteiger partial charge in [0.05, 0.1) is 5.69 Å². The number of amides is 1. The predicted octanol–water partition coefficient (Wildman–Crippen LogP) is 4.36. The van der Waals surface area contributed by atoms with Crippen LogP contribution in [0.5, 0.6) is 0 Å². The third-order valence-electron chi connectivity index (χ3n) is 5.57. The highest BCUT2D eigenvalue weighted by molar-refractivity contribution is 5.96. The van der Waals surface area contributed by atoms with Gasteiger partial charge in [-0.1, -0.05) is 19.0 Å². The minimum atomic E-state index is -0.00385. The molecule has 31 heavy (non-hydrogen) atoms. The van der Waals surface area contributed by atoms with Gasteiger partial charge in [0.2, 0.25) is 5.95 Å². The lowest BCUT2D eigenvalue weighted by Gasteiger charge is -2.33. The Morgan fingerprint density at radius 2 is 2.00 bits per heavy atom. The molecule has 1 amide bonds. The van der Waals surface area contributed by atoms with E-state index < -0.39 is 0 Å². The summed E-state index contributed by atoms with van der Waals surface area (Å²) in [5.41, 5.74) is 4.12. The topological polar surface area (TPSA) is 97.0 Å². The van der Waals surface area contributed by atoms with Crippen LogP contribution in [0.15, 0.2) is 35.1 Å². The third-order valence-corrected chi connectivity index (χ3v) is 5.57. The summed E-state index contributed by atoms with van der Waals surface area (Å²) < 4.78 is 5.34. The van der Waals surface area contributed by atoms with Crippen molar-refractivity contribution in [2.45, 2.75) is 52.4 Å². The molecule has 1 unspecified atom stereocenters. The number of piperidine rings is 1. The Hall–Kier alpha value is -3.29. The molecule has 1 atom stereocenters. The van der Waals surface area contributed by atoms with Crippen LogP contribution in [0.25, 0.3) is 0 Å². The average molecular weight is 421 g/mol. The third kappa shape index (κ3) is 4.57. The number of likely N-dealkylation sites (tertiary alicyclic amines) is 1. The lowest BCUT2D eigenvalue weighted by molar-refractivity contribution is 0.0703. The van der Waals surface area contributed by atoms with Crippen LogP contribution < -0.4 is 5.32 Å². The minimum Gasteiger partial charge on any atom is -0.361 e. The molecule has 1 fully saturated rings. The summed E-state index contributed by atoms with van der Waals surface area (Å²) in [6.45, 7) is 9.18. The largest absolute Gasteiger partial charge is 0.361 e. The minimum absolute atomic E-state index is 0.00385. The summed E-state index contributed by atoms with van der Waals surface area (Å²) in [6.07, 6.45) is 5.32. The van der Waals surface area contributed by atoms with E-state index in [4.69, 9.17) is 9.51 Å². The number of hydrogen-bond acceptors (Lipinski definition) is 7. The van der Waals surface area contributed by atoms with Crippen LogP contribution >= 0.6 is 0 Å². The van der Waals surface area contributed by atoms with Crippen molar-refractivity contribution in [2.75, 3.05) is 18.4 Å². The van der Waals surface area contributed by atoms with Gasteiger partial charge in [0.25, 0.3) is 5.91 Å². The molecule has 3 aromatic heterocycles. The predicted molar refractivity (Wildman–Crippen MR) is 117 cm³/mol. The van der Waals surface area contributed by atoms with Gasteiger partial charge in [-0.05, 0) is 50.8 Å². The Labute approximate surface area is 182 Å². The van der Waals surface area contributed by atoms with E-state index in [9.17, 15) is 4.79 Å². The van der Waals surface area contributed by atoms with E-state index in [1.165, 1.54) is 0 Å². The molecular formula is C23H28N6O2. The smallest absolute Gasteiger partial charge is 0.259 e. The standard InChI is InChI=1S/C23H28N6O2/c1-14(2)21-20(16(4)31-28-21)22(30)29-10-5-7-17(13-29)19-12-18(11-15(3)26-19)27-23-24-8-6-9-25-23/h6,8-9,11-12,14,17H,5,7,10,13H2,1-4H3,(H,24,25,26,27). The molecule has 3 aromatic rings. The van der Waals surface area contributed by atoms with Gasteiger partial charge in [0.15, 0.2) is 0 Å². The number of nitrogens with zero attached hydrogens (tertiary/aromatic N) is 5. The SMILES string of the molecule is Cc1cc(Nc2ncccn2)cc(C2CCCN(C(=O)c3c(C(C)C)noc3C)C2)n1. The fourth-order valence-corrected chi connectivity index (χ4v) is 4.07. The van der Waals surface area contributed by atoms with E-state index in [2.05, 4.69) is 20.4 Å². The average Bonchev–Trinajstić information content (AvgIpc) is 3.15. The summed E-state index contributed by atoms with van der Waals surface area (Å²) >= 11 is 0. The van der Waals surface area contributed by atoms with Crippen molar-refractivity contribution < 1.29 is 9.32 Å². The fraction of sp³-hybridized carbons (Fsp3) is 0.435. The first kappa shape index (κ1) is 21.0. The molecular weight excluding hydrogens is 392 g/mol. The lowest BCUT2D eigenvalue weighted by Crippen LogP contribution is -2.39. The number of pyridine rings is 1. The van der Waals surface area contributed by atoms with Crippen molar-refractivity contribution in [1.82, 2.24) is 25.0 Å². The molecule has 8 heteroatoms. The van der Waals surface area contributed by atoms with Gasteiger partial charge in [0, 0.05) is 48.5 Å². The summed E-state index contributed by atoms with van der Waals surface area (Å²) in [5, 5.41) is 7.36. The number of anilines is 2. The molecule has 0 aromatic carbocycles. The van der Waals surface area contributed by atoms with Crippen molar-refractivity contribution >= 4 is 17.5 Å². The van der Waals surface area contributed by atoms with Gasteiger partial charge in [0.1, 0.15) is 11.3 Å².